The molecule has 0 radical (unpaired) electrons. The van der Waals surface area contributed by atoms with E-state index in [9.17, 15) is 19.2 Å². The smallest absolute Gasteiger partial charge is 0.317 e. The van der Waals surface area contributed by atoms with E-state index in [2.05, 4.69) is 6.58 Å². The molecule has 0 fully saturated rings. The SMILES string of the molecule is C=CCN(CCN(CCN(CC(=O)O)CC(=O)O)CC(=O)O)CC(=O)O.CO. The maximum atomic E-state index is 11.0. The minimum absolute atomic E-state index is 0.0479. The van der Waals surface area contributed by atoms with E-state index in [1.807, 2.05) is 0 Å². The van der Waals surface area contributed by atoms with Gasteiger partial charge in [-0.2, -0.15) is 0 Å². The van der Waals surface area contributed by atoms with E-state index in [-0.39, 0.29) is 39.3 Å². The lowest BCUT2D eigenvalue weighted by Crippen LogP contribution is -2.44. The van der Waals surface area contributed by atoms with Crippen LogP contribution in [-0.2, 0) is 19.2 Å². The number of rotatable bonds is 16. The van der Waals surface area contributed by atoms with Crippen molar-refractivity contribution in [2.45, 2.75) is 0 Å². The molecular weight excluding hydrogens is 378 g/mol. The summed E-state index contributed by atoms with van der Waals surface area (Å²) in [6, 6.07) is 0. The molecule has 12 nitrogen and oxygen atoms in total. The van der Waals surface area contributed by atoms with E-state index in [1.165, 1.54) is 15.9 Å². The van der Waals surface area contributed by atoms with Crippen LogP contribution in [0.3, 0.4) is 0 Å². The summed E-state index contributed by atoms with van der Waals surface area (Å²) in [5.41, 5.74) is 0. The van der Waals surface area contributed by atoms with Gasteiger partial charge >= 0.3 is 23.9 Å². The first-order valence-corrected chi connectivity index (χ1v) is 8.23. The molecule has 0 atom stereocenters. The Hall–Kier alpha value is -2.54. The van der Waals surface area contributed by atoms with Crippen molar-refractivity contribution >= 4 is 23.9 Å². The number of nitrogens with zero attached hydrogens (tertiary/aromatic N) is 3. The average Bonchev–Trinajstić information content (AvgIpc) is 2.57. The van der Waals surface area contributed by atoms with Gasteiger partial charge in [-0.3, -0.25) is 33.9 Å². The van der Waals surface area contributed by atoms with E-state index >= 15 is 0 Å². The first-order valence-electron chi connectivity index (χ1n) is 8.23. The van der Waals surface area contributed by atoms with Gasteiger partial charge in [-0.25, -0.2) is 0 Å². The molecule has 0 aromatic rings. The number of hydrogen-bond acceptors (Lipinski definition) is 8. The standard InChI is InChI=1S/C15H25N3O8.CH4O/c1-2-3-16(8-12(19)20)4-5-17(9-13(21)22)6-7-18(10-14(23)24)11-15(25)26;1-2/h2H,1,3-11H2,(H,19,20)(H,21,22)(H,23,24)(H,25,26);2H,1H3. The second-order valence-corrected chi connectivity index (χ2v) is 5.59. The third-order valence-electron chi connectivity index (χ3n) is 3.29. The quantitative estimate of drug-likeness (QED) is 0.178. The third-order valence-corrected chi connectivity index (χ3v) is 3.29. The summed E-state index contributed by atoms with van der Waals surface area (Å²) >= 11 is 0. The Balaban J connectivity index is 0. The topological polar surface area (TPSA) is 179 Å². The van der Waals surface area contributed by atoms with Crippen molar-refractivity contribution in [1.29, 1.82) is 0 Å². The molecule has 0 saturated heterocycles. The molecule has 28 heavy (non-hydrogen) atoms. The van der Waals surface area contributed by atoms with Crippen LogP contribution in [0.1, 0.15) is 0 Å². The normalized spacial score (nSPS) is 10.5. The van der Waals surface area contributed by atoms with Crippen LogP contribution in [0.5, 0.6) is 0 Å². The van der Waals surface area contributed by atoms with E-state index in [0.717, 1.165) is 7.11 Å². The lowest BCUT2D eigenvalue weighted by Gasteiger charge is -2.27. The Labute approximate surface area is 162 Å². The van der Waals surface area contributed by atoms with Crippen LogP contribution in [0, 0.1) is 0 Å². The summed E-state index contributed by atoms with van der Waals surface area (Å²) in [6.45, 7) is 3.01. The highest BCUT2D eigenvalue weighted by Gasteiger charge is 2.17. The molecule has 0 bridgehead atoms. The molecule has 0 saturated carbocycles. The zero-order chi connectivity index (χ0) is 22.1. The van der Waals surface area contributed by atoms with Crippen LogP contribution in [0.25, 0.3) is 0 Å². The van der Waals surface area contributed by atoms with Crippen molar-refractivity contribution in [1.82, 2.24) is 14.7 Å². The molecule has 0 heterocycles. The number of aliphatic hydroxyl groups excluding tert-OH is 1. The Bertz CT molecular complexity index is 498. The second-order valence-electron chi connectivity index (χ2n) is 5.59. The molecule has 0 aliphatic rings. The number of aliphatic carboxylic acids is 4. The van der Waals surface area contributed by atoms with Gasteiger partial charge < -0.3 is 25.5 Å². The van der Waals surface area contributed by atoms with Crippen LogP contribution in [0.4, 0.5) is 0 Å². The number of hydrogen-bond donors (Lipinski definition) is 5. The molecular formula is C16H29N3O9. The molecule has 0 aromatic carbocycles. The lowest BCUT2D eigenvalue weighted by atomic mass is 10.3. The second kappa shape index (κ2) is 16.6. The fourth-order valence-electron chi connectivity index (χ4n) is 2.23. The summed E-state index contributed by atoms with van der Waals surface area (Å²) in [6.07, 6.45) is 1.53. The van der Waals surface area contributed by atoms with Gasteiger partial charge in [0.2, 0.25) is 0 Å². The molecule has 0 aliphatic heterocycles. The number of aliphatic hydroxyl groups is 1. The third kappa shape index (κ3) is 16.9. The van der Waals surface area contributed by atoms with Crippen molar-refractivity contribution in [3.05, 3.63) is 12.7 Å². The minimum Gasteiger partial charge on any atom is -0.480 e. The predicted molar refractivity (Wildman–Crippen MR) is 98.2 cm³/mol. The van der Waals surface area contributed by atoms with Crippen LogP contribution in [-0.4, -0.2) is 130 Å². The van der Waals surface area contributed by atoms with Crippen LogP contribution in [0.15, 0.2) is 12.7 Å². The first-order chi connectivity index (χ1) is 13.1. The molecule has 5 N–H and O–H groups in total. The van der Waals surface area contributed by atoms with Gasteiger partial charge in [0.05, 0.1) is 26.2 Å². The number of carboxylic acids is 4. The van der Waals surface area contributed by atoms with E-state index < -0.39 is 37.0 Å². The Kier molecular flexibility index (Phi) is 16.4. The van der Waals surface area contributed by atoms with Crippen molar-refractivity contribution in [3.63, 3.8) is 0 Å². The number of carboxylic acid groups (broad SMARTS) is 4. The summed E-state index contributed by atoms with van der Waals surface area (Å²) in [5, 5.41) is 42.5. The molecule has 12 heteroatoms. The summed E-state index contributed by atoms with van der Waals surface area (Å²) in [4.78, 5) is 47.6. The molecule has 0 rings (SSSR count). The minimum atomic E-state index is -1.19. The maximum Gasteiger partial charge on any atom is 0.317 e. The van der Waals surface area contributed by atoms with Gasteiger partial charge in [-0.05, 0) is 0 Å². The Morgan fingerprint density at radius 1 is 0.643 bits per heavy atom. The zero-order valence-corrected chi connectivity index (χ0v) is 15.9. The molecule has 0 unspecified atom stereocenters. The maximum absolute atomic E-state index is 11.0. The van der Waals surface area contributed by atoms with Gasteiger partial charge in [0.25, 0.3) is 0 Å². The van der Waals surface area contributed by atoms with Gasteiger partial charge in [0.1, 0.15) is 0 Å². The highest BCUT2D eigenvalue weighted by molar-refractivity contribution is 5.72. The van der Waals surface area contributed by atoms with E-state index in [1.54, 1.807) is 4.90 Å². The molecule has 0 spiro atoms. The van der Waals surface area contributed by atoms with E-state index in [0.29, 0.717) is 6.54 Å². The molecule has 0 aromatic heterocycles. The van der Waals surface area contributed by atoms with Crippen molar-refractivity contribution in [2.24, 2.45) is 0 Å². The Morgan fingerprint density at radius 2 is 0.929 bits per heavy atom. The fraction of sp³-hybridized carbons (Fsp3) is 0.625. The van der Waals surface area contributed by atoms with Crippen LogP contribution >= 0.6 is 0 Å². The molecule has 0 aliphatic carbocycles. The largest absolute Gasteiger partial charge is 0.480 e. The van der Waals surface area contributed by atoms with Crippen molar-refractivity contribution in [2.75, 3.05) is 66.0 Å². The van der Waals surface area contributed by atoms with E-state index in [4.69, 9.17) is 25.5 Å². The van der Waals surface area contributed by atoms with Crippen LogP contribution in [0.2, 0.25) is 0 Å². The van der Waals surface area contributed by atoms with Crippen LogP contribution < -0.4 is 0 Å². The van der Waals surface area contributed by atoms with Gasteiger partial charge in [0.15, 0.2) is 0 Å². The van der Waals surface area contributed by atoms with Gasteiger partial charge in [0, 0.05) is 39.8 Å². The highest BCUT2D eigenvalue weighted by atomic mass is 16.4. The summed E-state index contributed by atoms with van der Waals surface area (Å²) in [7, 11) is 1.00. The average molecular weight is 407 g/mol. The fourth-order valence-corrected chi connectivity index (χ4v) is 2.23. The highest BCUT2D eigenvalue weighted by Crippen LogP contribution is 1.97. The molecule has 162 valence electrons. The zero-order valence-electron chi connectivity index (χ0n) is 15.9. The first kappa shape index (κ1) is 27.7. The predicted octanol–water partition coefficient (Wildman–Crippen LogP) is -1.97. The summed E-state index contributed by atoms with van der Waals surface area (Å²) in [5.74, 6) is -4.49. The monoisotopic (exact) mass is 407 g/mol. The van der Waals surface area contributed by atoms with Gasteiger partial charge in [-0.15, -0.1) is 6.58 Å². The Morgan fingerprint density at radius 3 is 1.29 bits per heavy atom. The number of carbonyl (C=O) groups is 4. The van der Waals surface area contributed by atoms with Crippen molar-refractivity contribution in [3.8, 4) is 0 Å². The van der Waals surface area contributed by atoms with Gasteiger partial charge in [-0.1, -0.05) is 6.08 Å². The molecule has 0 amide bonds. The lowest BCUT2D eigenvalue weighted by molar-refractivity contribution is -0.143. The van der Waals surface area contributed by atoms with Crippen molar-refractivity contribution < 1.29 is 44.7 Å². The summed E-state index contributed by atoms with van der Waals surface area (Å²) < 4.78 is 0.